The van der Waals surface area contributed by atoms with Crippen LogP contribution in [0, 0.1) is 5.92 Å². The highest BCUT2D eigenvalue weighted by Crippen LogP contribution is 2.11. The third kappa shape index (κ3) is 7.94. The van der Waals surface area contributed by atoms with Gasteiger partial charge in [0.1, 0.15) is 0 Å². The van der Waals surface area contributed by atoms with Gasteiger partial charge in [-0.05, 0) is 27.3 Å². The van der Waals surface area contributed by atoms with Crippen molar-refractivity contribution in [3.05, 3.63) is 12.2 Å². The second kappa shape index (κ2) is 12.1. The summed E-state index contributed by atoms with van der Waals surface area (Å²) in [6.07, 6.45) is 4.45. The monoisotopic (exact) mass is 341 g/mol. The Morgan fingerprint density at radius 1 is 1.08 bits per heavy atom. The van der Waals surface area contributed by atoms with Gasteiger partial charge in [-0.15, -0.1) is 0 Å². The van der Waals surface area contributed by atoms with Crippen molar-refractivity contribution in [2.45, 2.75) is 26.6 Å². The van der Waals surface area contributed by atoms with Crippen molar-refractivity contribution in [2.75, 3.05) is 46.6 Å². The van der Waals surface area contributed by atoms with Gasteiger partial charge in [0.05, 0.1) is 13.2 Å². The molecular weight excluding hydrogens is 313 g/mol. The van der Waals surface area contributed by atoms with Crippen LogP contribution in [0.1, 0.15) is 20.3 Å². The van der Waals surface area contributed by atoms with Gasteiger partial charge in [-0.25, -0.2) is 0 Å². The maximum atomic E-state index is 11.9. The minimum Gasteiger partial charge on any atom is -0.465 e. The summed E-state index contributed by atoms with van der Waals surface area (Å²) < 4.78 is 21.1. The molecule has 0 unspecified atom stereocenters. The molecule has 0 aliphatic carbocycles. The van der Waals surface area contributed by atoms with E-state index in [4.69, 9.17) is 18.8 Å². The summed E-state index contributed by atoms with van der Waals surface area (Å²) in [5.74, 6) is -2.03. The van der Waals surface area contributed by atoms with Crippen molar-refractivity contribution in [3.8, 4) is 0 Å². The molecule has 0 aromatic rings. The fourth-order valence-corrected chi connectivity index (χ4v) is 2.19. The van der Waals surface area contributed by atoms with Crippen molar-refractivity contribution < 1.29 is 28.4 Å². The van der Waals surface area contributed by atoms with Crippen molar-refractivity contribution >= 4 is 19.1 Å². The first kappa shape index (κ1) is 20.7. The number of ether oxygens (including phenoxy) is 2. The summed E-state index contributed by atoms with van der Waals surface area (Å²) in [5.41, 5.74) is 0. The highest BCUT2D eigenvalue weighted by atomic mass is 16.6. The largest absolute Gasteiger partial charge is 0.465 e. The van der Waals surface area contributed by atoms with E-state index in [1.54, 1.807) is 19.9 Å². The number of nitrogens with zero attached hydrogens (tertiary/aromatic N) is 1. The van der Waals surface area contributed by atoms with E-state index in [-0.39, 0.29) is 26.8 Å². The highest BCUT2D eigenvalue weighted by molar-refractivity contribution is 6.45. The lowest BCUT2D eigenvalue weighted by atomic mass is 9.84. The zero-order valence-corrected chi connectivity index (χ0v) is 14.9. The lowest BCUT2D eigenvalue weighted by molar-refractivity contribution is -0.161. The van der Waals surface area contributed by atoms with Gasteiger partial charge < -0.3 is 23.7 Å². The molecule has 1 aliphatic rings. The lowest BCUT2D eigenvalue weighted by Crippen LogP contribution is -2.36. The Balaban J connectivity index is 2.45. The van der Waals surface area contributed by atoms with E-state index in [2.05, 4.69) is 4.90 Å². The molecule has 0 saturated carbocycles. The molecule has 0 atom stereocenters. The van der Waals surface area contributed by atoms with Gasteiger partial charge >= 0.3 is 19.1 Å². The Morgan fingerprint density at radius 3 is 2.12 bits per heavy atom. The summed E-state index contributed by atoms with van der Waals surface area (Å²) >= 11 is 0. The third-order valence-electron chi connectivity index (χ3n) is 3.56. The zero-order chi connectivity index (χ0) is 17.8. The molecule has 24 heavy (non-hydrogen) atoms. The predicted octanol–water partition coefficient (Wildman–Crippen LogP) is 1.14. The van der Waals surface area contributed by atoms with Crippen LogP contribution in [0.25, 0.3) is 0 Å². The van der Waals surface area contributed by atoms with Gasteiger partial charge in [0.25, 0.3) is 0 Å². The van der Waals surface area contributed by atoms with E-state index in [0.29, 0.717) is 19.5 Å². The number of esters is 2. The molecule has 7 nitrogen and oxygen atoms in total. The zero-order valence-electron chi connectivity index (χ0n) is 14.9. The summed E-state index contributed by atoms with van der Waals surface area (Å²) in [6.45, 7) is 6.85. The van der Waals surface area contributed by atoms with Crippen LogP contribution < -0.4 is 0 Å². The second-order valence-electron chi connectivity index (χ2n) is 5.47. The molecule has 1 fully saturated rings. The molecule has 0 amide bonds. The Kier molecular flexibility index (Phi) is 10.4. The second-order valence-corrected chi connectivity index (χ2v) is 5.47. The standard InChI is InChI=1S/C16H28BNO6/c1-4-21-15(19)14(16(20)22-5-2)8-6-7-9-17-23-12-10-18(3)11-13-24-17/h6-7,14H,4-5,8-13H2,1-3H3/b7-6+. The summed E-state index contributed by atoms with van der Waals surface area (Å²) in [5, 5.41) is 0. The fraction of sp³-hybridized carbons (Fsp3) is 0.750. The van der Waals surface area contributed by atoms with Crippen LogP contribution in [0.15, 0.2) is 12.2 Å². The van der Waals surface area contributed by atoms with Gasteiger partial charge in [-0.3, -0.25) is 9.59 Å². The van der Waals surface area contributed by atoms with Gasteiger partial charge in [0.15, 0.2) is 5.92 Å². The number of carbonyl (C=O) groups is 2. The highest BCUT2D eigenvalue weighted by Gasteiger charge is 2.28. The molecular formula is C16H28BNO6. The van der Waals surface area contributed by atoms with Crippen LogP contribution in [0.4, 0.5) is 0 Å². The van der Waals surface area contributed by atoms with Crippen molar-refractivity contribution in [3.63, 3.8) is 0 Å². The van der Waals surface area contributed by atoms with Gasteiger partial charge in [0.2, 0.25) is 0 Å². The maximum Gasteiger partial charge on any atom is 0.460 e. The van der Waals surface area contributed by atoms with Crippen molar-refractivity contribution in [1.82, 2.24) is 4.90 Å². The van der Waals surface area contributed by atoms with Gasteiger partial charge in [-0.1, -0.05) is 12.2 Å². The minimum absolute atomic E-state index is 0.233. The first-order chi connectivity index (χ1) is 11.6. The van der Waals surface area contributed by atoms with E-state index in [1.807, 2.05) is 13.1 Å². The number of likely N-dealkylation sites (N-methyl/N-ethyl adjacent to an activating group) is 1. The van der Waals surface area contributed by atoms with Crippen molar-refractivity contribution in [2.24, 2.45) is 5.92 Å². The van der Waals surface area contributed by atoms with E-state index >= 15 is 0 Å². The predicted molar refractivity (Wildman–Crippen MR) is 90.5 cm³/mol. The van der Waals surface area contributed by atoms with Crippen LogP contribution in [-0.4, -0.2) is 70.5 Å². The molecule has 136 valence electrons. The normalized spacial score (nSPS) is 16.9. The first-order valence-corrected chi connectivity index (χ1v) is 8.48. The average Bonchev–Trinajstić information content (AvgIpc) is 2.52. The number of rotatable bonds is 8. The first-order valence-electron chi connectivity index (χ1n) is 8.48. The topological polar surface area (TPSA) is 74.3 Å². The molecule has 8 heteroatoms. The molecule has 1 rings (SSSR count). The molecule has 0 radical (unpaired) electrons. The molecule has 0 spiro atoms. The number of hydrogen-bond donors (Lipinski definition) is 0. The number of hydrogen-bond acceptors (Lipinski definition) is 7. The molecule has 1 saturated heterocycles. The summed E-state index contributed by atoms with van der Waals surface area (Å²) in [6, 6.07) is 0. The smallest absolute Gasteiger partial charge is 0.460 e. The van der Waals surface area contributed by atoms with Crippen molar-refractivity contribution in [1.29, 1.82) is 0 Å². The van der Waals surface area contributed by atoms with E-state index in [9.17, 15) is 9.59 Å². The van der Waals surface area contributed by atoms with Crippen LogP contribution >= 0.6 is 0 Å². The molecule has 1 heterocycles. The van der Waals surface area contributed by atoms with Crippen LogP contribution in [0.5, 0.6) is 0 Å². The average molecular weight is 341 g/mol. The van der Waals surface area contributed by atoms with Crippen LogP contribution in [-0.2, 0) is 28.4 Å². The Labute approximate surface area is 144 Å². The van der Waals surface area contributed by atoms with Gasteiger partial charge in [0, 0.05) is 32.6 Å². The number of allylic oxidation sites excluding steroid dienone is 2. The molecule has 0 bridgehead atoms. The van der Waals surface area contributed by atoms with Gasteiger partial charge in [-0.2, -0.15) is 0 Å². The summed E-state index contributed by atoms with van der Waals surface area (Å²) in [7, 11) is 1.73. The Hall–Kier alpha value is -1.38. The molecule has 0 aromatic carbocycles. The number of carbonyl (C=O) groups excluding carboxylic acids is 2. The summed E-state index contributed by atoms with van der Waals surface area (Å²) in [4.78, 5) is 25.9. The maximum absolute atomic E-state index is 11.9. The van der Waals surface area contributed by atoms with E-state index in [1.165, 1.54) is 0 Å². The quantitative estimate of drug-likeness (QED) is 0.284. The minimum atomic E-state index is -0.922. The van der Waals surface area contributed by atoms with E-state index < -0.39 is 17.9 Å². The SMILES string of the molecule is CCOC(=O)C(C/C=C/CB1OCCN(C)CCO1)C(=O)OCC. The Bertz CT molecular complexity index is 389. The van der Waals surface area contributed by atoms with Crippen LogP contribution in [0.2, 0.25) is 6.32 Å². The lowest BCUT2D eigenvalue weighted by Gasteiger charge is -2.23. The van der Waals surface area contributed by atoms with E-state index in [0.717, 1.165) is 13.1 Å². The van der Waals surface area contributed by atoms with Crippen LogP contribution in [0.3, 0.4) is 0 Å². The fourth-order valence-electron chi connectivity index (χ4n) is 2.19. The molecule has 1 aliphatic heterocycles. The molecule has 0 N–H and O–H groups in total. The Morgan fingerprint density at radius 2 is 1.62 bits per heavy atom. The molecule has 0 aromatic heterocycles. The third-order valence-corrected chi connectivity index (χ3v) is 3.56.